The second kappa shape index (κ2) is 8.02. The number of rotatable bonds is 9. The highest BCUT2D eigenvalue weighted by atomic mass is 32.2. The van der Waals surface area contributed by atoms with Crippen molar-refractivity contribution in [3.8, 4) is 0 Å². The molecule has 0 heterocycles. The molecule has 0 atom stereocenters. The normalized spacial score (nSPS) is 12.9. The van der Waals surface area contributed by atoms with Crippen LogP contribution in [0.2, 0.25) is 0 Å². The van der Waals surface area contributed by atoms with Crippen molar-refractivity contribution < 1.29 is 8.42 Å². The van der Waals surface area contributed by atoms with Gasteiger partial charge in [0.2, 0.25) is 10.0 Å². The number of nitrogens with zero attached hydrogens (tertiary/aromatic N) is 1. The minimum absolute atomic E-state index is 0.132. The molecule has 17 heavy (non-hydrogen) atoms. The number of hydrogen-bond acceptors (Lipinski definition) is 4. The lowest BCUT2D eigenvalue weighted by atomic mass is 10.2. The fourth-order valence-corrected chi connectivity index (χ4v) is 2.77. The summed E-state index contributed by atoms with van der Waals surface area (Å²) in [6, 6.07) is 0.855. The third-order valence-corrected chi connectivity index (χ3v) is 4.02. The van der Waals surface area contributed by atoms with Crippen LogP contribution in [0.4, 0.5) is 0 Å². The first kappa shape index (κ1) is 16.8. The van der Waals surface area contributed by atoms with E-state index in [0.29, 0.717) is 25.2 Å². The maximum Gasteiger partial charge on any atom is 0.212 e. The third-order valence-electron chi connectivity index (χ3n) is 2.64. The average molecular weight is 265 g/mol. The van der Waals surface area contributed by atoms with Gasteiger partial charge in [-0.25, -0.2) is 13.1 Å². The fourth-order valence-electron chi connectivity index (χ4n) is 1.75. The molecule has 0 aromatic heterocycles. The van der Waals surface area contributed by atoms with Gasteiger partial charge in [0, 0.05) is 31.7 Å². The summed E-state index contributed by atoms with van der Waals surface area (Å²) in [7, 11) is -1.39. The molecule has 104 valence electrons. The van der Waals surface area contributed by atoms with Crippen molar-refractivity contribution in [1.29, 1.82) is 0 Å². The predicted octanol–water partition coefficient (Wildman–Crippen LogP) is 0.244. The molecule has 0 aliphatic rings. The van der Waals surface area contributed by atoms with Crippen LogP contribution >= 0.6 is 0 Å². The Balaban J connectivity index is 4.04. The first-order valence-corrected chi connectivity index (χ1v) is 7.83. The Labute approximate surface area is 106 Å². The van der Waals surface area contributed by atoms with Gasteiger partial charge < -0.3 is 5.32 Å². The Kier molecular flexibility index (Phi) is 7.94. The van der Waals surface area contributed by atoms with Crippen molar-refractivity contribution in [2.24, 2.45) is 0 Å². The molecular formula is C11H27N3O2S. The lowest BCUT2D eigenvalue weighted by molar-refractivity contribution is 0.179. The molecule has 0 bridgehead atoms. The first-order chi connectivity index (χ1) is 7.80. The van der Waals surface area contributed by atoms with Crippen LogP contribution in [0.5, 0.6) is 0 Å². The molecule has 0 fully saturated rings. The first-order valence-electron chi connectivity index (χ1n) is 6.18. The van der Waals surface area contributed by atoms with Crippen LogP contribution in [-0.2, 0) is 10.0 Å². The van der Waals surface area contributed by atoms with Crippen LogP contribution in [0.25, 0.3) is 0 Å². The summed E-state index contributed by atoms with van der Waals surface area (Å²) < 4.78 is 25.7. The van der Waals surface area contributed by atoms with Gasteiger partial charge in [0.25, 0.3) is 0 Å². The zero-order chi connectivity index (χ0) is 13.5. The lowest BCUT2D eigenvalue weighted by Crippen LogP contribution is -2.43. The molecule has 2 N–H and O–H groups in total. The molecule has 0 unspecified atom stereocenters. The second-order valence-electron chi connectivity index (χ2n) is 4.74. The molecule has 0 rings (SSSR count). The van der Waals surface area contributed by atoms with Crippen LogP contribution in [-0.4, -0.2) is 57.8 Å². The van der Waals surface area contributed by atoms with Gasteiger partial charge >= 0.3 is 0 Å². The molecule has 0 radical (unpaired) electrons. The lowest BCUT2D eigenvalue weighted by Gasteiger charge is -2.30. The fraction of sp³-hybridized carbons (Fsp3) is 1.00. The Hall–Kier alpha value is -0.170. The quantitative estimate of drug-likeness (QED) is 0.627. The molecular weight excluding hydrogens is 238 g/mol. The van der Waals surface area contributed by atoms with E-state index in [1.54, 1.807) is 7.05 Å². The summed E-state index contributed by atoms with van der Waals surface area (Å²) in [5.74, 6) is 0.132. The standard InChI is InChI=1S/C11H27N3O2S/c1-10(2)14(11(3)4)8-6-13-17(15,16)9-7-12-5/h10-13H,6-9H2,1-5H3. The Bertz CT molecular complexity index is 281. The monoisotopic (exact) mass is 265 g/mol. The van der Waals surface area contributed by atoms with Gasteiger partial charge in [-0.05, 0) is 34.7 Å². The average Bonchev–Trinajstić information content (AvgIpc) is 2.20. The summed E-state index contributed by atoms with van der Waals surface area (Å²) in [4.78, 5) is 2.26. The Morgan fingerprint density at radius 1 is 1.06 bits per heavy atom. The van der Waals surface area contributed by atoms with Crippen LogP contribution in [0.15, 0.2) is 0 Å². The second-order valence-corrected chi connectivity index (χ2v) is 6.67. The zero-order valence-electron chi connectivity index (χ0n) is 11.7. The van der Waals surface area contributed by atoms with Crippen LogP contribution in [0, 0.1) is 0 Å². The van der Waals surface area contributed by atoms with E-state index in [9.17, 15) is 8.42 Å². The zero-order valence-corrected chi connectivity index (χ0v) is 12.5. The summed E-state index contributed by atoms with van der Waals surface area (Å²) in [6.45, 7) is 10.2. The van der Waals surface area contributed by atoms with E-state index in [-0.39, 0.29) is 5.75 Å². The smallest absolute Gasteiger partial charge is 0.212 e. The summed E-state index contributed by atoms with van der Waals surface area (Å²) >= 11 is 0. The number of sulfonamides is 1. The van der Waals surface area contributed by atoms with E-state index < -0.39 is 10.0 Å². The van der Waals surface area contributed by atoms with Crippen molar-refractivity contribution in [1.82, 2.24) is 14.9 Å². The van der Waals surface area contributed by atoms with Crippen molar-refractivity contribution in [2.45, 2.75) is 39.8 Å². The molecule has 0 amide bonds. The maximum atomic E-state index is 11.5. The van der Waals surface area contributed by atoms with Gasteiger partial charge in [-0.15, -0.1) is 0 Å². The largest absolute Gasteiger partial charge is 0.319 e. The van der Waals surface area contributed by atoms with E-state index >= 15 is 0 Å². The highest BCUT2D eigenvalue weighted by molar-refractivity contribution is 7.89. The molecule has 0 saturated carbocycles. The van der Waals surface area contributed by atoms with Crippen molar-refractivity contribution in [2.75, 3.05) is 32.4 Å². The van der Waals surface area contributed by atoms with Crippen LogP contribution in [0.1, 0.15) is 27.7 Å². The highest BCUT2D eigenvalue weighted by Gasteiger charge is 2.14. The van der Waals surface area contributed by atoms with Crippen LogP contribution < -0.4 is 10.0 Å². The molecule has 0 spiro atoms. The molecule has 0 aliphatic heterocycles. The van der Waals surface area contributed by atoms with Crippen molar-refractivity contribution in [3.05, 3.63) is 0 Å². The molecule has 0 aromatic carbocycles. The van der Waals surface area contributed by atoms with Gasteiger partial charge in [-0.3, -0.25) is 4.90 Å². The van der Waals surface area contributed by atoms with Gasteiger partial charge in [0.15, 0.2) is 0 Å². The molecule has 0 aromatic rings. The third kappa shape index (κ3) is 7.70. The van der Waals surface area contributed by atoms with Gasteiger partial charge in [0.1, 0.15) is 0 Å². The van der Waals surface area contributed by atoms with Gasteiger partial charge in [-0.2, -0.15) is 0 Å². The minimum atomic E-state index is -3.13. The van der Waals surface area contributed by atoms with E-state index in [2.05, 4.69) is 42.6 Å². The minimum Gasteiger partial charge on any atom is -0.319 e. The van der Waals surface area contributed by atoms with Crippen molar-refractivity contribution >= 4 is 10.0 Å². The van der Waals surface area contributed by atoms with E-state index in [1.807, 2.05) is 0 Å². The molecule has 5 nitrogen and oxygen atoms in total. The van der Waals surface area contributed by atoms with E-state index in [4.69, 9.17) is 0 Å². The Morgan fingerprint density at radius 2 is 1.59 bits per heavy atom. The summed E-state index contributed by atoms with van der Waals surface area (Å²) in [5, 5.41) is 2.83. The van der Waals surface area contributed by atoms with Crippen molar-refractivity contribution in [3.63, 3.8) is 0 Å². The number of hydrogen-bond donors (Lipinski definition) is 2. The summed E-state index contributed by atoms with van der Waals surface area (Å²) in [6.07, 6.45) is 0. The maximum absolute atomic E-state index is 11.5. The Morgan fingerprint density at radius 3 is 2.00 bits per heavy atom. The molecule has 0 saturated heterocycles. The molecule has 6 heteroatoms. The molecule has 0 aliphatic carbocycles. The topological polar surface area (TPSA) is 61.4 Å². The predicted molar refractivity (Wildman–Crippen MR) is 72.7 cm³/mol. The SMILES string of the molecule is CNCCS(=O)(=O)NCCN(C(C)C)C(C)C. The van der Waals surface area contributed by atoms with Crippen LogP contribution in [0.3, 0.4) is 0 Å². The van der Waals surface area contributed by atoms with Gasteiger partial charge in [0.05, 0.1) is 5.75 Å². The van der Waals surface area contributed by atoms with E-state index in [1.165, 1.54) is 0 Å². The summed E-state index contributed by atoms with van der Waals surface area (Å²) in [5.41, 5.74) is 0. The van der Waals surface area contributed by atoms with Gasteiger partial charge in [-0.1, -0.05) is 0 Å². The highest BCUT2D eigenvalue weighted by Crippen LogP contribution is 2.03. The number of nitrogens with one attached hydrogen (secondary N) is 2. The van der Waals surface area contributed by atoms with E-state index in [0.717, 1.165) is 6.54 Å².